The predicted octanol–water partition coefficient (Wildman–Crippen LogP) is 7.28. The molecule has 0 bridgehead atoms. The highest BCUT2D eigenvalue weighted by atomic mass is 15.0. The van der Waals surface area contributed by atoms with Crippen molar-refractivity contribution in [2.45, 2.75) is 33.2 Å². The van der Waals surface area contributed by atoms with Gasteiger partial charge in [-0.25, -0.2) is 0 Å². The molecule has 1 aliphatic carbocycles. The molecular weight excluding hydrogens is 362 g/mol. The van der Waals surface area contributed by atoms with Gasteiger partial charge in [-0.2, -0.15) is 0 Å². The van der Waals surface area contributed by atoms with Gasteiger partial charge in [0, 0.05) is 28.4 Å². The summed E-state index contributed by atoms with van der Waals surface area (Å²) < 4.78 is 2.52. The van der Waals surface area contributed by atoms with Crippen LogP contribution in [0.4, 0.5) is 0 Å². The molecule has 0 atom stereocenters. The van der Waals surface area contributed by atoms with Gasteiger partial charge in [0.2, 0.25) is 0 Å². The van der Waals surface area contributed by atoms with E-state index in [0.717, 1.165) is 19.4 Å². The number of hydrogen-bond acceptors (Lipinski definition) is 0. The molecule has 0 saturated heterocycles. The Labute approximate surface area is 177 Å². The van der Waals surface area contributed by atoms with Gasteiger partial charge in [-0.3, -0.25) is 0 Å². The van der Waals surface area contributed by atoms with Crippen molar-refractivity contribution in [3.05, 3.63) is 107 Å². The predicted molar refractivity (Wildman–Crippen MR) is 127 cm³/mol. The van der Waals surface area contributed by atoms with Crippen LogP contribution in [0.5, 0.6) is 0 Å². The van der Waals surface area contributed by atoms with Crippen molar-refractivity contribution in [3.8, 4) is 11.1 Å². The minimum atomic E-state index is 0.907. The number of fused-ring (bicyclic) bond motifs is 6. The normalized spacial score (nSPS) is 12.5. The minimum Gasteiger partial charge on any atom is -0.336 e. The number of nitrogens with zero attached hydrogens (tertiary/aromatic N) is 1. The molecule has 30 heavy (non-hydrogen) atoms. The Balaban J connectivity index is 1.59. The second kappa shape index (κ2) is 6.60. The second-order valence-corrected chi connectivity index (χ2v) is 8.64. The van der Waals surface area contributed by atoms with E-state index in [-0.39, 0.29) is 0 Å². The topological polar surface area (TPSA) is 4.93 Å². The van der Waals surface area contributed by atoms with Gasteiger partial charge in [-0.1, -0.05) is 73.2 Å². The van der Waals surface area contributed by atoms with Gasteiger partial charge in [0.05, 0.1) is 0 Å². The van der Waals surface area contributed by atoms with Gasteiger partial charge in [0.1, 0.15) is 0 Å². The van der Waals surface area contributed by atoms with Gasteiger partial charge in [-0.05, 0) is 71.3 Å². The number of aromatic nitrogens is 1. The van der Waals surface area contributed by atoms with E-state index in [9.17, 15) is 0 Å². The molecule has 1 aliphatic rings. The van der Waals surface area contributed by atoms with Gasteiger partial charge < -0.3 is 4.57 Å². The Morgan fingerprint density at radius 3 is 2.40 bits per heavy atom. The van der Waals surface area contributed by atoms with E-state index in [1.807, 2.05) is 0 Å². The lowest BCUT2D eigenvalue weighted by molar-refractivity contribution is 0.863. The average Bonchev–Trinajstić information content (AvgIpc) is 3.27. The summed E-state index contributed by atoms with van der Waals surface area (Å²) in [5, 5.41) is 2.72. The number of rotatable bonds is 3. The number of benzene rings is 4. The highest BCUT2D eigenvalue weighted by Crippen LogP contribution is 2.41. The molecule has 5 aromatic rings. The molecular formula is C29H25N. The van der Waals surface area contributed by atoms with E-state index in [0.29, 0.717) is 0 Å². The molecule has 0 aliphatic heterocycles. The van der Waals surface area contributed by atoms with E-state index in [1.165, 1.54) is 60.8 Å². The average molecular weight is 388 g/mol. The summed E-state index contributed by atoms with van der Waals surface area (Å²) in [6, 6.07) is 29.6. The first-order valence-electron chi connectivity index (χ1n) is 10.9. The maximum Gasteiger partial charge on any atom is 0.0497 e. The lowest BCUT2D eigenvalue weighted by Gasteiger charge is -2.11. The first-order valence-corrected chi connectivity index (χ1v) is 10.9. The van der Waals surface area contributed by atoms with Crippen LogP contribution in [-0.2, 0) is 19.4 Å². The summed E-state index contributed by atoms with van der Waals surface area (Å²) >= 11 is 0. The molecule has 4 aromatic carbocycles. The Hall–Kier alpha value is -3.32. The van der Waals surface area contributed by atoms with E-state index in [2.05, 4.69) is 97.3 Å². The third-order valence-electron chi connectivity index (χ3n) is 6.63. The van der Waals surface area contributed by atoms with Crippen LogP contribution in [0.1, 0.15) is 34.7 Å². The van der Waals surface area contributed by atoms with Crippen molar-refractivity contribution in [3.63, 3.8) is 0 Å². The van der Waals surface area contributed by atoms with E-state index < -0.39 is 0 Å². The smallest absolute Gasteiger partial charge is 0.0497 e. The minimum absolute atomic E-state index is 0.907. The molecule has 0 saturated carbocycles. The summed E-state index contributed by atoms with van der Waals surface area (Å²) in [4.78, 5) is 0. The maximum absolute atomic E-state index is 2.52. The fourth-order valence-electron chi connectivity index (χ4n) is 5.27. The van der Waals surface area contributed by atoms with Crippen LogP contribution in [0.25, 0.3) is 32.9 Å². The molecule has 1 nitrogen and oxygen atoms in total. The first kappa shape index (κ1) is 17.5. The number of aryl methyl sites for hydroxylation is 2. The van der Waals surface area contributed by atoms with Crippen molar-refractivity contribution in [2.24, 2.45) is 0 Å². The van der Waals surface area contributed by atoms with Crippen molar-refractivity contribution in [2.75, 3.05) is 0 Å². The molecule has 146 valence electrons. The zero-order valence-electron chi connectivity index (χ0n) is 17.6. The maximum atomic E-state index is 2.52. The van der Waals surface area contributed by atoms with Crippen molar-refractivity contribution < 1.29 is 0 Å². The van der Waals surface area contributed by atoms with Crippen LogP contribution in [0.2, 0.25) is 0 Å². The molecule has 6 rings (SSSR count). The zero-order chi connectivity index (χ0) is 20.2. The second-order valence-electron chi connectivity index (χ2n) is 8.64. The molecule has 0 unspecified atom stereocenters. The quantitative estimate of drug-likeness (QED) is 0.300. The summed E-state index contributed by atoms with van der Waals surface area (Å²) in [5.74, 6) is 0. The highest BCUT2D eigenvalue weighted by molar-refractivity contribution is 6.10. The Morgan fingerprint density at radius 1 is 0.700 bits per heavy atom. The van der Waals surface area contributed by atoms with E-state index in [4.69, 9.17) is 0 Å². The van der Waals surface area contributed by atoms with Crippen LogP contribution in [-0.4, -0.2) is 4.57 Å². The lowest BCUT2D eigenvalue weighted by atomic mass is 10.0. The summed E-state index contributed by atoms with van der Waals surface area (Å²) in [7, 11) is 0. The molecule has 0 fully saturated rings. The molecule has 1 heteroatoms. The number of hydrogen-bond donors (Lipinski definition) is 0. The first-order chi connectivity index (χ1) is 14.7. The third-order valence-corrected chi connectivity index (χ3v) is 6.63. The number of para-hydroxylation sites is 1. The van der Waals surface area contributed by atoms with Gasteiger partial charge in [0.15, 0.2) is 0 Å². The molecule has 1 heterocycles. The monoisotopic (exact) mass is 387 g/mol. The fourth-order valence-corrected chi connectivity index (χ4v) is 5.27. The van der Waals surface area contributed by atoms with Crippen LogP contribution >= 0.6 is 0 Å². The standard InChI is InChI=1S/C29H25N/c1-3-20-12-19(2)13-21(14-20)18-30-28-11-7-6-10-25(28)27-17-26-23(16-29(27)30)15-22-8-4-5-9-24(22)26/h4-14,16-17H,3,15,18H2,1-2H3. The lowest BCUT2D eigenvalue weighted by Crippen LogP contribution is -2.01. The molecule has 1 aromatic heterocycles. The molecule has 0 spiro atoms. The van der Waals surface area contributed by atoms with Crippen LogP contribution in [0.15, 0.2) is 78.9 Å². The SMILES string of the molecule is CCc1cc(C)cc(Cn2c3ccccc3c3cc4c(cc32)Cc2ccccc2-4)c1. The van der Waals surface area contributed by atoms with Gasteiger partial charge in [0.25, 0.3) is 0 Å². The largest absolute Gasteiger partial charge is 0.336 e. The highest BCUT2D eigenvalue weighted by Gasteiger charge is 2.21. The van der Waals surface area contributed by atoms with Crippen LogP contribution < -0.4 is 0 Å². The van der Waals surface area contributed by atoms with Crippen molar-refractivity contribution >= 4 is 21.8 Å². The zero-order valence-corrected chi connectivity index (χ0v) is 17.6. The van der Waals surface area contributed by atoms with E-state index >= 15 is 0 Å². The van der Waals surface area contributed by atoms with E-state index in [1.54, 1.807) is 0 Å². The summed E-state index contributed by atoms with van der Waals surface area (Å²) in [5.41, 5.74) is 12.5. The van der Waals surface area contributed by atoms with Crippen LogP contribution in [0, 0.1) is 6.92 Å². The van der Waals surface area contributed by atoms with Gasteiger partial charge >= 0.3 is 0 Å². The van der Waals surface area contributed by atoms with Crippen molar-refractivity contribution in [1.29, 1.82) is 0 Å². The molecule has 0 radical (unpaired) electrons. The summed E-state index contributed by atoms with van der Waals surface area (Å²) in [6.45, 7) is 5.35. The fraction of sp³-hybridized carbons (Fsp3) is 0.172. The van der Waals surface area contributed by atoms with Crippen LogP contribution in [0.3, 0.4) is 0 Å². The molecule has 0 N–H and O–H groups in total. The Morgan fingerprint density at radius 2 is 1.50 bits per heavy atom. The Kier molecular flexibility index (Phi) is 3.86. The third kappa shape index (κ3) is 2.62. The van der Waals surface area contributed by atoms with Gasteiger partial charge in [-0.15, -0.1) is 0 Å². The van der Waals surface area contributed by atoms with Crippen molar-refractivity contribution in [1.82, 2.24) is 4.57 Å². The molecule has 0 amide bonds. The Bertz CT molecular complexity index is 1430. The summed E-state index contributed by atoms with van der Waals surface area (Å²) in [6.07, 6.45) is 2.11.